The van der Waals surface area contributed by atoms with Crippen molar-refractivity contribution in [3.05, 3.63) is 0 Å². The average molecular weight is 328 g/mol. The molecule has 1 heterocycles. The number of β-amino-alcohol motifs (C(OH)–C–C–N with tert-alkyl or cyclic N) is 1. The van der Waals surface area contributed by atoms with Crippen LogP contribution in [0.5, 0.6) is 0 Å². The summed E-state index contributed by atoms with van der Waals surface area (Å²) in [5.74, 6) is -0.791. The van der Waals surface area contributed by atoms with Gasteiger partial charge in [-0.2, -0.15) is 0 Å². The van der Waals surface area contributed by atoms with Gasteiger partial charge >= 0.3 is 5.97 Å². The fourth-order valence-electron chi connectivity index (χ4n) is 3.54. The Morgan fingerprint density at radius 1 is 0.913 bits per heavy atom. The zero-order valence-electron chi connectivity index (χ0n) is 15.0. The van der Waals surface area contributed by atoms with Gasteiger partial charge in [-0.05, 0) is 13.0 Å². The number of hydrogen-bond acceptors (Lipinski definition) is 3. The molecule has 1 unspecified atom stereocenters. The Hall–Kier alpha value is -0.610. The third-order valence-electron chi connectivity index (χ3n) is 4.97. The zero-order valence-corrected chi connectivity index (χ0v) is 15.0. The van der Waals surface area contributed by atoms with E-state index in [1.807, 2.05) is 4.90 Å². The van der Waals surface area contributed by atoms with Gasteiger partial charge in [0.05, 0.1) is 6.10 Å². The summed E-state index contributed by atoms with van der Waals surface area (Å²) in [4.78, 5) is 13.1. The van der Waals surface area contributed by atoms with Crippen LogP contribution in [-0.4, -0.2) is 46.3 Å². The summed E-state index contributed by atoms with van der Waals surface area (Å²) < 4.78 is 0. The maximum absolute atomic E-state index is 11.1. The van der Waals surface area contributed by atoms with E-state index in [0.717, 1.165) is 13.0 Å². The molecule has 1 saturated heterocycles. The minimum absolute atomic E-state index is 0.383. The minimum atomic E-state index is -0.791. The molecular weight excluding hydrogens is 290 g/mol. The van der Waals surface area contributed by atoms with Crippen LogP contribution in [0, 0.1) is 0 Å². The van der Waals surface area contributed by atoms with Crippen molar-refractivity contribution in [3.8, 4) is 0 Å². The number of likely N-dealkylation sites (tertiary alicyclic amines) is 1. The Kier molecular flexibility index (Phi) is 11.3. The number of aliphatic hydroxyl groups is 1. The molecule has 4 nitrogen and oxygen atoms in total. The van der Waals surface area contributed by atoms with Crippen molar-refractivity contribution in [2.45, 2.75) is 103 Å². The highest BCUT2D eigenvalue weighted by Crippen LogP contribution is 2.19. The summed E-state index contributed by atoms with van der Waals surface area (Å²) >= 11 is 0. The number of carboxylic acids is 1. The summed E-state index contributed by atoms with van der Waals surface area (Å²) in [5.41, 5.74) is 0. The van der Waals surface area contributed by atoms with Crippen LogP contribution in [0.4, 0.5) is 0 Å². The van der Waals surface area contributed by atoms with E-state index in [-0.39, 0.29) is 0 Å². The summed E-state index contributed by atoms with van der Waals surface area (Å²) in [6, 6.07) is -0.474. The van der Waals surface area contributed by atoms with Gasteiger partial charge in [0.15, 0.2) is 0 Å². The first kappa shape index (κ1) is 20.4. The van der Waals surface area contributed by atoms with E-state index in [4.69, 9.17) is 5.11 Å². The summed E-state index contributed by atoms with van der Waals surface area (Å²) in [5, 5.41) is 18.7. The molecule has 0 amide bonds. The lowest BCUT2D eigenvalue weighted by atomic mass is 10.1. The van der Waals surface area contributed by atoms with E-state index >= 15 is 0 Å². The predicted molar refractivity (Wildman–Crippen MR) is 94.7 cm³/mol. The Balaban J connectivity index is 1.89. The molecule has 1 rings (SSSR count). The van der Waals surface area contributed by atoms with Gasteiger partial charge < -0.3 is 10.2 Å². The van der Waals surface area contributed by atoms with E-state index in [0.29, 0.717) is 13.0 Å². The van der Waals surface area contributed by atoms with E-state index in [1.165, 1.54) is 70.6 Å². The number of aliphatic hydroxyl groups excluding tert-OH is 1. The smallest absolute Gasteiger partial charge is 0.321 e. The van der Waals surface area contributed by atoms with Crippen molar-refractivity contribution < 1.29 is 15.0 Å². The number of aliphatic carboxylic acids is 1. The maximum Gasteiger partial charge on any atom is 0.321 e. The number of unbranched alkanes of at least 4 members (excludes halogenated alkanes) is 11. The van der Waals surface area contributed by atoms with Crippen molar-refractivity contribution >= 4 is 5.97 Å². The molecule has 2 N–H and O–H groups in total. The van der Waals surface area contributed by atoms with Crippen molar-refractivity contribution in [1.29, 1.82) is 0 Å². The summed E-state index contributed by atoms with van der Waals surface area (Å²) in [6.45, 7) is 3.59. The lowest BCUT2D eigenvalue weighted by molar-refractivity contribution is -0.142. The highest BCUT2D eigenvalue weighted by molar-refractivity contribution is 5.74. The second kappa shape index (κ2) is 12.8. The Bertz CT molecular complexity index is 309. The van der Waals surface area contributed by atoms with Gasteiger partial charge in [0.2, 0.25) is 0 Å². The van der Waals surface area contributed by atoms with Gasteiger partial charge in [-0.15, -0.1) is 0 Å². The molecular formula is C19H37NO3. The standard InChI is InChI=1S/C19H37NO3/c1-2-3-4-5-6-7-8-9-10-11-12-13-14-20-16-17(21)15-18(20)19(22)23/h17-18,21H,2-16H2,1H3,(H,22,23)/t17?,18-/m0/s1. The SMILES string of the molecule is CCCCCCCCCCCCCCN1CC(O)C[C@H]1C(=O)O. The van der Waals surface area contributed by atoms with Gasteiger partial charge in [-0.25, -0.2) is 0 Å². The molecule has 1 aliphatic rings. The van der Waals surface area contributed by atoms with Crippen LogP contribution >= 0.6 is 0 Å². The van der Waals surface area contributed by atoms with Crippen molar-refractivity contribution in [2.24, 2.45) is 0 Å². The van der Waals surface area contributed by atoms with E-state index in [1.54, 1.807) is 0 Å². The fourth-order valence-corrected chi connectivity index (χ4v) is 3.54. The van der Waals surface area contributed by atoms with E-state index in [2.05, 4.69) is 6.92 Å². The molecule has 2 atom stereocenters. The molecule has 0 aromatic rings. The molecule has 0 spiro atoms. The molecule has 1 aliphatic heterocycles. The molecule has 136 valence electrons. The monoisotopic (exact) mass is 327 g/mol. The quantitative estimate of drug-likeness (QED) is 0.469. The second-order valence-electron chi connectivity index (χ2n) is 7.13. The van der Waals surface area contributed by atoms with Crippen LogP contribution < -0.4 is 0 Å². The minimum Gasteiger partial charge on any atom is -0.480 e. The Morgan fingerprint density at radius 2 is 1.39 bits per heavy atom. The lowest BCUT2D eigenvalue weighted by Gasteiger charge is -2.20. The van der Waals surface area contributed by atoms with Crippen LogP contribution in [0.2, 0.25) is 0 Å². The molecule has 0 bridgehead atoms. The molecule has 0 aliphatic carbocycles. The van der Waals surface area contributed by atoms with Crippen LogP contribution in [0.15, 0.2) is 0 Å². The highest BCUT2D eigenvalue weighted by Gasteiger charge is 2.35. The van der Waals surface area contributed by atoms with Gasteiger partial charge in [-0.3, -0.25) is 9.69 Å². The topological polar surface area (TPSA) is 60.8 Å². The second-order valence-corrected chi connectivity index (χ2v) is 7.13. The molecule has 1 fully saturated rings. The zero-order chi connectivity index (χ0) is 16.9. The Labute approximate surface area is 142 Å². The Morgan fingerprint density at radius 3 is 1.87 bits per heavy atom. The third-order valence-corrected chi connectivity index (χ3v) is 4.97. The van der Waals surface area contributed by atoms with Gasteiger partial charge in [0.25, 0.3) is 0 Å². The van der Waals surface area contributed by atoms with Crippen LogP contribution in [0.1, 0.15) is 90.4 Å². The predicted octanol–water partition coefficient (Wildman–Crippen LogP) is 4.21. The number of hydrogen-bond donors (Lipinski definition) is 2. The first-order valence-corrected chi connectivity index (χ1v) is 9.80. The number of nitrogens with zero attached hydrogens (tertiary/aromatic N) is 1. The average Bonchev–Trinajstić information content (AvgIpc) is 2.89. The molecule has 0 aromatic carbocycles. The van der Waals surface area contributed by atoms with Crippen molar-refractivity contribution in [2.75, 3.05) is 13.1 Å². The van der Waals surface area contributed by atoms with E-state index < -0.39 is 18.1 Å². The molecule has 0 radical (unpaired) electrons. The number of carboxylic acid groups (broad SMARTS) is 1. The first-order chi connectivity index (χ1) is 11.1. The largest absolute Gasteiger partial charge is 0.480 e. The molecule has 4 heteroatoms. The summed E-state index contributed by atoms with van der Waals surface area (Å²) in [6.07, 6.45) is 15.7. The molecule has 0 saturated carbocycles. The first-order valence-electron chi connectivity index (χ1n) is 9.80. The maximum atomic E-state index is 11.1. The number of rotatable bonds is 14. The van der Waals surface area contributed by atoms with Crippen LogP contribution in [0.3, 0.4) is 0 Å². The number of carbonyl (C=O) groups is 1. The normalized spacial score (nSPS) is 21.8. The van der Waals surface area contributed by atoms with Crippen molar-refractivity contribution in [1.82, 2.24) is 4.90 Å². The third kappa shape index (κ3) is 9.31. The van der Waals surface area contributed by atoms with Gasteiger partial charge in [0.1, 0.15) is 6.04 Å². The summed E-state index contributed by atoms with van der Waals surface area (Å²) in [7, 11) is 0. The van der Waals surface area contributed by atoms with Gasteiger partial charge in [0, 0.05) is 13.0 Å². The van der Waals surface area contributed by atoms with E-state index in [9.17, 15) is 9.90 Å². The van der Waals surface area contributed by atoms with Crippen LogP contribution in [0.25, 0.3) is 0 Å². The molecule has 0 aromatic heterocycles. The van der Waals surface area contributed by atoms with Gasteiger partial charge in [-0.1, -0.05) is 77.6 Å². The lowest BCUT2D eigenvalue weighted by Crippen LogP contribution is -2.36. The fraction of sp³-hybridized carbons (Fsp3) is 0.947. The highest BCUT2D eigenvalue weighted by atomic mass is 16.4. The molecule has 23 heavy (non-hydrogen) atoms. The van der Waals surface area contributed by atoms with Crippen molar-refractivity contribution in [3.63, 3.8) is 0 Å². The van der Waals surface area contributed by atoms with Crippen LogP contribution in [-0.2, 0) is 4.79 Å².